The highest BCUT2D eigenvalue weighted by atomic mass is 16.7. The number of carbonyl (C=O) groups excluding carboxylic acids is 1. The number of fused-ring (bicyclic) bond motifs is 4. The van der Waals surface area contributed by atoms with Crippen molar-refractivity contribution < 1.29 is 38.7 Å². The van der Waals surface area contributed by atoms with Crippen LogP contribution in [-0.2, 0) is 23.7 Å². The molecule has 308 valence electrons. The second kappa shape index (κ2) is 13.0. The smallest absolute Gasteiger partial charge is 0.410 e. The van der Waals surface area contributed by atoms with Gasteiger partial charge in [0, 0.05) is 37.7 Å². The van der Waals surface area contributed by atoms with E-state index in [1.807, 2.05) is 41.5 Å². The molecule has 3 aliphatic heterocycles. The van der Waals surface area contributed by atoms with Gasteiger partial charge in [0.1, 0.15) is 11.7 Å². The summed E-state index contributed by atoms with van der Waals surface area (Å²) in [4.78, 5) is 16.8. The molecule has 0 radical (unpaired) electrons. The first-order valence-corrected chi connectivity index (χ1v) is 21.8. The molecular weight excluding hydrogens is 684 g/mol. The molecule has 14 atom stereocenters. The lowest BCUT2D eigenvalue weighted by Gasteiger charge is -2.64. The Hall–Kier alpha value is -1.01. The van der Waals surface area contributed by atoms with Gasteiger partial charge in [-0.05, 0) is 138 Å². The molecule has 0 aromatic heterocycles. The second-order valence-corrected chi connectivity index (χ2v) is 22.0. The molecule has 8 rings (SSSR count). The van der Waals surface area contributed by atoms with Gasteiger partial charge in [0.15, 0.2) is 6.29 Å². The lowest BCUT2D eigenvalue weighted by molar-refractivity contribution is -0.253. The minimum absolute atomic E-state index is 0.00571. The summed E-state index contributed by atoms with van der Waals surface area (Å²) in [5.74, 6) is 1.72. The fourth-order valence-corrected chi connectivity index (χ4v) is 15.1. The number of hydrogen-bond acceptors (Lipinski definition) is 9. The maximum atomic E-state index is 12.7. The minimum atomic E-state index is -1.03. The van der Waals surface area contributed by atoms with E-state index in [0.29, 0.717) is 61.4 Å². The third kappa shape index (κ3) is 5.74. The van der Waals surface area contributed by atoms with Gasteiger partial charge in [-0.15, -0.1) is 0 Å². The standard InChI is InChI=1S/C44H74N2O8/c1-12-50-36(40(8,9)49)28-21-26(2)33-34(52-28)35(47)42(11)30-14-13-29-39(6,7)31(15-16-43(29)25-44(30,43)18-17-41(33,42)10)53-32-24-45(19-20-51-32)27-22-46(23-27)37(48)54-38(3,4)5/h26-36,47,49H,12-25H2,1-11H3/t26-,28-,29+,30+,31+,32+,33+,34+,35+,36+,41-,42-,43-,44?/m1/s1. The zero-order chi connectivity index (χ0) is 39.0. The van der Waals surface area contributed by atoms with Gasteiger partial charge in [0.25, 0.3) is 0 Å². The van der Waals surface area contributed by atoms with Crippen LogP contribution in [0.4, 0.5) is 4.79 Å². The van der Waals surface area contributed by atoms with Crippen LogP contribution in [0.1, 0.15) is 128 Å². The van der Waals surface area contributed by atoms with Crippen LogP contribution < -0.4 is 0 Å². The summed E-state index contributed by atoms with van der Waals surface area (Å²) in [6, 6.07) is 0.316. The first-order valence-electron chi connectivity index (χ1n) is 21.8. The Balaban J connectivity index is 0.950. The normalized spacial score (nSPS) is 48.0. The largest absolute Gasteiger partial charge is 0.444 e. The fraction of sp³-hybridized carbons (Fsp3) is 0.977. The predicted molar refractivity (Wildman–Crippen MR) is 206 cm³/mol. The average molecular weight is 759 g/mol. The van der Waals surface area contributed by atoms with Crippen LogP contribution in [0.15, 0.2) is 0 Å². The Morgan fingerprint density at radius 2 is 1.65 bits per heavy atom. The van der Waals surface area contributed by atoms with E-state index in [0.717, 1.165) is 38.8 Å². The monoisotopic (exact) mass is 759 g/mol. The Morgan fingerprint density at radius 1 is 0.963 bits per heavy atom. The third-order valence-corrected chi connectivity index (χ3v) is 17.6. The zero-order valence-electron chi connectivity index (χ0n) is 35.5. The number of likely N-dealkylation sites (tertiary alicyclic amines) is 1. The summed E-state index contributed by atoms with van der Waals surface area (Å²) in [7, 11) is 0. The Morgan fingerprint density at radius 3 is 2.31 bits per heavy atom. The molecule has 8 fully saturated rings. The number of rotatable bonds is 7. The van der Waals surface area contributed by atoms with Crippen LogP contribution in [0.5, 0.6) is 0 Å². The van der Waals surface area contributed by atoms with E-state index in [1.54, 1.807) is 4.90 Å². The topological polar surface area (TPSA) is 110 Å². The lowest BCUT2D eigenvalue weighted by atomic mass is 9.41. The van der Waals surface area contributed by atoms with Crippen molar-refractivity contribution in [2.45, 2.75) is 182 Å². The van der Waals surface area contributed by atoms with Gasteiger partial charge in [-0.2, -0.15) is 0 Å². The van der Waals surface area contributed by atoms with Crippen LogP contribution in [0.25, 0.3) is 0 Å². The molecule has 54 heavy (non-hydrogen) atoms. The molecular formula is C44H74N2O8. The molecule has 0 aromatic carbocycles. The van der Waals surface area contributed by atoms with Crippen LogP contribution in [0, 0.1) is 50.7 Å². The fourth-order valence-electron chi connectivity index (χ4n) is 15.1. The molecule has 0 bridgehead atoms. The number of hydrogen-bond donors (Lipinski definition) is 2. The Labute approximate surface area is 325 Å². The number of aliphatic hydroxyl groups excluding tert-OH is 1. The summed E-state index contributed by atoms with van der Waals surface area (Å²) >= 11 is 0. The number of aliphatic hydroxyl groups is 2. The highest BCUT2D eigenvalue weighted by molar-refractivity contribution is 5.69. The van der Waals surface area contributed by atoms with Gasteiger partial charge in [-0.1, -0.05) is 34.6 Å². The van der Waals surface area contributed by atoms with Crippen LogP contribution in [0.2, 0.25) is 0 Å². The second-order valence-electron chi connectivity index (χ2n) is 22.0. The summed E-state index contributed by atoms with van der Waals surface area (Å²) in [5, 5.41) is 23.8. The number of carbonyl (C=O) groups is 1. The van der Waals surface area contributed by atoms with Crippen molar-refractivity contribution >= 4 is 6.09 Å². The van der Waals surface area contributed by atoms with Crippen LogP contribution in [0.3, 0.4) is 0 Å². The summed E-state index contributed by atoms with van der Waals surface area (Å²) < 4.78 is 32.0. The van der Waals surface area contributed by atoms with E-state index >= 15 is 0 Å². The molecule has 3 heterocycles. The SMILES string of the molecule is CCO[C@@H]([C@H]1C[C@@H](C)[C@H]2[C@H](O1)[C@H](O)[C@@]1(C)[C@@H]3CC[C@H]4C(C)(C)[C@@H](O[C@H]5CN(C6CN(C(=O)OC(C)(C)C)C6)CCO5)CC[C@@]45CC35CC[C@]21C)C(C)(C)O. The third-order valence-electron chi connectivity index (χ3n) is 17.6. The maximum Gasteiger partial charge on any atom is 0.410 e. The molecule has 5 saturated carbocycles. The van der Waals surface area contributed by atoms with Crippen molar-refractivity contribution in [1.29, 1.82) is 0 Å². The van der Waals surface area contributed by atoms with Crippen molar-refractivity contribution in [2.75, 3.05) is 39.4 Å². The first kappa shape index (κ1) is 39.8. The molecule has 8 aliphatic rings. The Kier molecular flexibility index (Phi) is 9.58. The van der Waals surface area contributed by atoms with Gasteiger partial charge >= 0.3 is 6.09 Å². The summed E-state index contributed by atoms with van der Waals surface area (Å²) in [6.07, 6.45) is 7.31. The van der Waals surface area contributed by atoms with Crippen molar-refractivity contribution in [1.82, 2.24) is 9.80 Å². The molecule has 2 N–H and O–H groups in total. The van der Waals surface area contributed by atoms with E-state index in [4.69, 9.17) is 23.7 Å². The molecule has 0 aromatic rings. The van der Waals surface area contributed by atoms with E-state index in [1.165, 1.54) is 25.7 Å². The molecule has 2 spiro atoms. The molecule has 1 unspecified atom stereocenters. The van der Waals surface area contributed by atoms with Crippen LogP contribution in [-0.4, -0.2) is 120 Å². The quantitative estimate of drug-likeness (QED) is 0.296. The van der Waals surface area contributed by atoms with Gasteiger partial charge in [0.05, 0.1) is 43.2 Å². The lowest BCUT2D eigenvalue weighted by Crippen LogP contribution is -2.64. The molecule has 3 saturated heterocycles. The highest BCUT2D eigenvalue weighted by Crippen LogP contribution is 2.89. The summed E-state index contributed by atoms with van der Waals surface area (Å²) in [5.41, 5.74) is -1.15. The van der Waals surface area contributed by atoms with Gasteiger partial charge in [0.2, 0.25) is 0 Å². The molecule has 1 amide bonds. The first-order chi connectivity index (χ1) is 25.1. The van der Waals surface area contributed by atoms with Crippen molar-refractivity contribution in [3.8, 4) is 0 Å². The summed E-state index contributed by atoms with van der Waals surface area (Å²) in [6.45, 7) is 27.8. The zero-order valence-corrected chi connectivity index (χ0v) is 35.5. The van der Waals surface area contributed by atoms with Gasteiger partial charge < -0.3 is 38.8 Å². The predicted octanol–water partition coefficient (Wildman–Crippen LogP) is 6.64. The van der Waals surface area contributed by atoms with E-state index in [-0.39, 0.29) is 52.4 Å². The van der Waals surface area contributed by atoms with Crippen LogP contribution >= 0.6 is 0 Å². The Bertz CT molecular complexity index is 1440. The molecule has 10 nitrogen and oxygen atoms in total. The van der Waals surface area contributed by atoms with Crippen molar-refractivity contribution in [2.24, 2.45) is 50.7 Å². The maximum absolute atomic E-state index is 12.7. The van der Waals surface area contributed by atoms with E-state index in [2.05, 4.69) is 39.5 Å². The van der Waals surface area contributed by atoms with E-state index in [9.17, 15) is 15.0 Å². The number of nitrogens with zero attached hydrogens (tertiary/aromatic N) is 2. The number of amides is 1. The number of ether oxygens (including phenoxy) is 5. The molecule has 5 aliphatic carbocycles. The minimum Gasteiger partial charge on any atom is -0.444 e. The van der Waals surface area contributed by atoms with Gasteiger partial charge in [-0.3, -0.25) is 4.90 Å². The van der Waals surface area contributed by atoms with Crippen molar-refractivity contribution in [3.05, 3.63) is 0 Å². The van der Waals surface area contributed by atoms with Crippen molar-refractivity contribution in [3.63, 3.8) is 0 Å². The molecule has 10 heteroatoms. The highest BCUT2D eigenvalue weighted by Gasteiger charge is 2.84. The van der Waals surface area contributed by atoms with E-state index < -0.39 is 23.4 Å². The average Bonchev–Trinajstić information content (AvgIpc) is 3.68. The van der Waals surface area contributed by atoms with Gasteiger partial charge in [-0.25, -0.2) is 4.79 Å². The number of morpholine rings is 1.